The number of alkyl halides is 2. The molecular formula is C13H17Cl3F2N2O2. The maximum Gasteiger partial charge on any atom is 0.258 e. The number of nitrogens with zero attached hydrogens (tertiary/aromatic N) is 1. The van der Waals surface area contributed by atoms with Gasteiger partial charge in [-0.2, -0.15) is 0 Å². The number of ether oxygens (including phenoxy) is 2. The molecule has 2 aliphatic rings. The highest BCUT2D eigenvalue weighted by Gasteiger charge is 2.33. The second kappa shape index (κ2) is 8.36. The van der Waals surface area contributed by atoms with Crippen molar-refractivity contribution >= 4 is 36.4 Å². The van der Waals surface area contributed by atoms with Gasteiger partial charge in [0.15, 0.2) is 11.5 Å². The lowest BCUT2D eigenvalue weighted by Gasteiger charge is -2.35. The van der Waals surface area contributed by atoms with Gasteiger partial charge in [0, 0.05) is 37.3 Å². The number of fused-ring (bicyclic) bond motifs is 1. The molecule has 1 aromatic carbocycles. The monoisotopic (exact) mass is 376 g/mol. The molecule has 1 N–H and O–H groups in total. The Balaban J connectivity index is 0.00000121. The lowest BCUT2D eigenvalue weighted by molar-refractivity contribution is 0.0181. The highest BCUT2D eigenvalue weighted by atomic mass is 35.5. The van der Waals surface area contributed by atoms with Crippen molar-refractivity contribution in [2.45, 2.75) is 12.5 Å². The summed E-state index contributed by atoms with van der Waals surface area (Å²) in [7, 11) is 0. The smallest absolute Gasteiger partial charge is 0.258 e. The number of benzene rings is 1. The van der Waals surface area contributed by atoms with Crippen LogP contribution in [0.15, 0.2) is 12.1 Å². The van der Waals surface area contributed by atoms with Crippen LogP contribution in [0.3, 0.4) is 0 Å². The van der Waals surface area contributed by atoms with Crippen LogP contribution in [-0.2, 0) is 0 Å². The largest absolute Gasteiger partial charge is 0.454 e. The Morgan fingerprint density at radius 3 is 2.27 bits per heavy atom. The first-order valence-electron chi connectivity index (χ1n) is 6.49. The van der Waals surface area contributed by atoms with Gasteiger partial charge in [-0.25, -0.2) is 8.78 Å². The van der Waals surface area contributed by atoms with E-state index in [4.69, 9.17) is 21.1 Å². The summed E-state index contributed by atoms with van der Waals surface area (Å²) in [6.45, 7) is 2.64. The van der Waals surface area contributed by atoms with Gasteiger partial charge in [0.05, 0.1) is 6.04 Å². The summed E-state index contributed by atoms with van der Waals surface area (Å²) in [5.74, 6) is 0.984. The number of hydrogen-bond donors (Lipinski definition) is 1. The molecule has 0 saturated carbocycles. The van der Waals surface area contributed by atoms with E-state index in [2.05, 4.69) is 5.32 Å². The lowest BCUT2D eigenvalue weighted by atomic mass is 10.0. The zero-order valence-corrected chi connectivity index (χ0v) is 13.9. The van der Waals surface area contributed by atoms with Gasteiger partial charge in [0.1, 0.15) is 0 Å². The Labute approximate surface area is 144 Å². The summed E-state index contributed by atoms with van der Waals surface area (Å²) in [5.41, 5.74) is 0.396. The first-order valence-corrected chi connectivity index (χ1v) is 6.86. The Hall–Kier alpha value is -0.530. The quantitative estimate of drug-likeness (QED) is 0.877. The van der Waals surface area contributed by atoms with Gasteiger partial charge >= 0.3 is 0 Å². The highest BCUT2D eigenvalue weighted by Crippen LogP contribution is 2.41. The van der Waals surface area contributed by atoms with Crippen molar-refractivity contribution in [1.29, 1.82) is 0 Å². The van der Waals surface area contributed by atoms with E-state index < -0.39 is 12.5 Å². The summed E-state index contributed by atoms with van der Waals surface area (Å²) in [4.78, 5) is 1.75. The molecule has 22 heavy (non-hydrogen) atoms. The van der Waals surface area contributed by atoms with Crippen LogP contribution in [0, 0.1) is 0 Å². The Morgan fingerprint density at radius 1 is 1.09 bits per heavy atom. The molecular weight excluding hydrogens is 361 g/mol. The molecule has 2 aliphatic heterocycles. The van der Waals surface area contributed by atoms with Crippen molar-refractivity contribution < 1.29 is 18.3 Å². The minimum Gasteiger partial charge on any atom is -0.454 e. The van der Waals surface area contributed by atoms with Crippen LogP contribution < -0.4 is 14.8 Å². The van der Waals surface area contributed by atoms with Gasteiger partial charge < -0.3 is 14.8 Å². The number of nitrogens with one attached hydrogen (secondary N) is 1. The van der Waals surface area contributed by atoms with E-state index in [9.17, 15) is 8.78 Å². The van der Waals surface area contributed by atoms with E-state index in [0.29, 0.717) is 43.2 Å². The molecule has 2 heterocycles. The summed E-state index contributed by atoms with van der Waals surface area (Å²) in [6.07, 6.45) is -2.51. The van der Waals surface area contributed by atoms with Crippen molar-refractivity contribution in [3.63, 3.8) is 0 Å². The summed E-state index contributed by atoms with van der Waals surface area (Å²) >= 11 is 6.15. The van der Waals surface area contributed by atoms with Crippen LogP contribution in [0.25, 0.3) is 0 Å². The van der Waals surface area contributed by atoms with Gasteiger partial charge in [-0.05, 0) is 11.6 Å². The molecule has 0 amide bonds. The Bertz CT molecular complexity index is 502. The fraction of sp³-hybridized carbons (Fsp3) is 0.538. The number of hydrogen-bond acceptors (Lipinski definition) is 4. The van der Waals surface area contributed by atoms with E-state index >= 15 is 0 Å². The van der Waals surface area contributed by atoms with E-state index in [1.54, 1.807) is 17.0 Å². The van der Waals surface area contributed by atoms with Crippen LogP contribution in [0.5, 0.6) is 11.5 Å². The molecule has 0 aromatic heterocycles. The summed E-state index contributed by atoms with van der Waals surface area (Å²) in [5, 5.41) is 3.44. The van der Waals surface area contributed by atoms with Crippen LogP contribution in [0.1, 0.15) is 11.6 Å². The van der Waals surface area contributed by atoms with Crippen LogP contribution in [0.4, 0.5) is 8.78 Å². The first-order chi connectivity index (χ1) is 9.66. The molecule has 4 nitrogen and oxygen atoms in total. The number of halogens is 5. The average molecular weight is 378 g/mol. The maximum atomic E-state index is 13.5. The van der Waals surface area contributed by atoms with Gasteiger partial charge in [0.2, 0.25) is 6.79 Å². The van der Waals surface area contributed by atoms with Crippen molar-refractivity contribution in [2.75, 3.05) is 33.0 Å². The molecule has 126 valence electrons. The van der Waals surface area contributed by atoms with Crippen LogP contribution in [0.2, 0.25) is 5.02 Å². The minimum absolute atomic E-state index is 0. The second-order valence-corrected chi connectivity index (χ2v) is 5.20. The van der Waals surface area contributed by atoms with E-state index in [1.807, 2.05) is 0 Å². The lowest BCUT2D eigenvalue weighted by Crippen LogP contribution is -2.47. The molecule has 1 atom stereocenters. The van der Waals surface area contributed by atoms with E-state index in [1.165, 1.54) is 0 Å². The van der Waals surface area contributed by atoms with Crippen molar-refractivity contribution in [1.82, 2.24) is 10.2 Å². The van der Waals surface area contributed by atoms with Gasteiger partial charge in [-0.15, -0.1) is 24.8 Å². The fourth-order valence-electron chi connectivity index (χ4n) is 2.61. The summed E-state index contributed by atoms with van der Waals surface area (Å²) in [6, 6.07) is 2.11. The van der Waals surface area contributed by atoms with Crippen molar-refractivity contribution in [3.05, 3.63) is 22.7 Å². The topological polar surface area (TPSA) is 33.7 Å². The van der Waals surface area contributed by atoms with Crippen molar-refractivity contribution in [3.8, 4) is 11.5 Å². The predicted molar refractivity (Wildman–Crippen MR) is 85.3 cm³/mol. The zero-order chi connectivity index (χ0) is 14.1. The molecule has 0 bridgehead atoms. The molecule has 0 radical (unpaired) electrons. The SMILES string of the molecule is Cl.Cl.FC(F)[C@@H](c1cc2c(cc1Cl)OCO2)N1CCNCC1. The van der Waals surface area contributed by atoms with Crippen molar-refractivity contribution in [2.24, 2.45) is 0 Å². The van der Waals surface area contributed by atoms with Gasteiger partial charge in [-0.1, -0.05) is 11.6 Å². The second-order valence-electron chi connectivity index (χ2n) is 4.79. The molecule has 0 aliphatic carbocycles. The minimum atomic E-state index is -2.51. The van der Waals surface area contributed by atoms with Crippen LogP contribution in [-0.4, -0.2) is 44.3 Å². The molecule has 3 rings (SSSR count). The maximum absolute atomic E-state index is 13.5. The third-order valence-corrected chi connectivity index (χ3v) is 3.92. The molecule has 1 saturated heterocycles. The van der Waals surface area contributed by atoms with Crippen LogP contribution >= 0.6 is 36.4 Å². The molecule has 1 fully saturated rings. The summed E-state index contributed by atoms with van der Waals surface area (Å²) < 4.78 is 37.5. The number of piperazine rings is 1. The third-order valence-electron chi connectivity index (χ3n) is 3.59. The third kappa shape index (κ3) is 3.86. The zero-order valence-electron chi connectivity index (χ0n) is 11.6. The molecule has 9 heteroatoms. The predicted octanol–water partition coefficient (Wildman–Crippen LogP) is 3.12. The van der Waals surface area contributed by atoms with E-state index in [0.717, 1.165) is 0 Å². The van der Waals surface area contributed by atoms with Gasteiger partial charge in [0.25, 0.3) is 6.43 Å². The fourth-order valence-corrected chi connectivity index (χ4v) is 2.88. The molecule has 0 unspecified atom stereocenters. The molecule has 0 spiro atoms. The average Bonchev–Trinajstić information content (AvgIpc) is 2.87. The number of rotatable bonds is 3. The van der Waals surface area contributed by atoms with E-state index in [-0.39, 0.29) is 36.6 Å². The Morgan fingerprint density at radius 2 is 1.68 bits per heavy atom. The van der Waals surface area contributed by atoms with Gasteiger partial charge in [-0.3, -0.25) is 4.90 Å². The standard InChI is InChI=1S/C13H15ClF2N2O2.2ClH/c14-9-6-11-10(19-7-20-11)5-8(9)12(13(15)16)18-3-1-17-2-4-18;;/h5-6,12-13,17H,1-4,7H2;2*1H/t12-;;/m1../s1. The first kappa shape index (κ1) is 19.5. The Kier molecular flexibility index (Phi) is 7.41. The highest BCUT2D eigenvalue weighted by molar-refractivity contribution is 6.31. The normalized spacial score (nSPS) is 18.5. The molecule has 1 aromatic rings.